The van der Waals surface area contributed by atoms with Crippen LogP contribution in [0.4, 0.5) is 0 Å². The minimum Gasteiger partial charge on any atom is -0.225 e. The largest absolute Gasteiger partial charge is 0.240 e. The van der Waals surface area contributed by atoms with E-state index >= 15 is 0 Å². The van der Waals surface area contributed by atoms with E-state index in [2.05, 4.69) is 4.72 Å². The van der Waals surface area contributed by atoms with Gasteiger partial charge in [0.1, 0.15) is 0 Å². The Balaban J connectivity index is 1.81. The lowest BCUT2D eigenvalue weighted by Gasteiger charge is -2.30. The first-order chi connectivity index (χ1) is 12.2. The summed E-state index contributed by atoms with van der Waals surface area (Å²) >= 11 is 0. The quantitative estimate of drug-likeness (QED) is 0.782. The number of hydrogen-bond donors (Lipinski definition) is 2. The summed E-state index contributed by atoms with van der Waals surface area (Å²) in [4.78, 5) is -0.0980. The molecule has 1 aliphatic carbocycles. The van der Waals surface area contributed by atoms with Gasteiger partial charge in [-0.1, -0.05) is 43.2 Å². The molecule has 2 aromatic carbocycles. The van der Waals surface area contributed by atoms with Crippen LogP contribution in [0, 0.1) is 0 Å². The lowest BCUT2D eigenvalue weighted by molar-refractivity contribution is 0.432. The minimum absolute atomic E-state index is 0.0195. The molecule has 0 heterocycles. The fraction of sp³-hybridized carbons (Fsp3) is 0.333. The topological polar surface area (TPSA) is 106 Å². The number of primary sulfonamides is 1. The first kappa shape index (κ1) is 19.0. The second-order valence-corrected chi connectivity index (χ2v) is 10.0. The average molecular weight is 395 g/mol. The third-order valence-corrected chi connectivity index (χ3v) is 7.36. The fourth-order valence-electron chi connectivity index (χ4n) is 3.54. The van der Waals surface area contributed by atoms with Crippen LogP contribution in [0.2, 0.25) is 0 Å². The zero-order chi connectivity index (χ0) is 18.8. The smallest absolute Gasteiger partial charge is 0.225 e. The molecule has 140 valence electrons. The van der Waals surface area contributed by atoms with E-state index in [-0.39, 0.29) is 15.2 Å². The third kappa shape index (κ3) is 3.98. The van der Waals surface area contributed by atoms with Crippen LogP contribution in [-0.4, -0.2) is 23.4 Å². The molecule has 8 heteroatoms. The van der Waals surface area contributed by atoms with E-state index in [1.807, 2.05) is 30.3 Å². The summed E-state index contributed by atoms with van der Waals surface area (Å²) in [5.41, 5.74) is 0.944. The molecule has 0 radical (unpaired) electrons. The van der Waals surface area contributed by atoms with Gasteiger partial charge in [0.05, 0.1) is 9.79 Å². The molecule has 2 aromatic rings. The predicted octanol–water partition coefficient (Wildman–Crippen LogP) is 2.12. The van der Waals surface area contributed by atoms with Crippen molar-refractivity contribution in [2.75, 3.05) is 6.54 Å². The highest BCUT2D eigenvalue weighted by Crippen LogP contribution is 2.40. The summed E-state index contributed by atoms with van der Waals surface area (Å²) in [5.74, 6) is 0. The van der Waals surface area contributed by atoms with Gasteiger partial charge in [-0.3, -0.25) is 0 Å². The van der Waals surface area contributed by atoms with Crippen molar-refractivity contribution in [3.63, 3.8) is 0 Å². The van der Waals surface area contributed by atoms with Crippen LogP contribution >= 0.6 is 0 Å². The molecule has 0 saturated heterocycles. The van der Waals surface area contributed by atoms with E-state index in [0.717, 1.165) is 31.2 Å². The Bertz CT molecular complexity index is 964. The first-order valence-electron chi connectivity index (χ1n) is 8.41. The van der Waals surface area contributed by atoms with E-state index in [0.29, 0.717) is 6.54 Å². The monoisotopic (exact) mass is 394 g/mol. The van der Waals surface area contributed by atoms with E-state index in [9.17, 15) is 16.8 Å². The fourth-order valence-corrected chi connectivity index (χ4v) is 5.18. The molecular formula is C18H22N2O4S2. The van der Waals surface area contributed by atoms with Crippen molar-refractivity contribution in [2.24, 2.45) is 5.14 Å². The molecule has 0 amide bonds. The maximum atomic E-state index is 12.6. The zero-order valence-corrected chi connectivity index (χ0v) is 15.9. The van der Waals surface area contributed by atoms with Gasteiger partial charge in [0.15, 0.2) is 0 Å². The molecule has 1 saturated carbocycles. The Kier molecular flexibility index (Phi) is 5.21. The summed E-state index contributed by atoms with van der Waals surface area (Å²) in [6.07, 6.45) is 4.01. The lowest BCUT2D eigenvalue weighted by atomic mass is 9.79. The van der Waals surface area contributed by atoms with Crippen molar-refractivity contribution in [1.82, 2.24) is 4.72 Å². The van der Waals surface area contributed by atoms with Crippen LogP contribution < -0.4 is 9.86 Å². The second-order valence-electron chi connectivity index (χ2n) is 6.69. The lowest BCUT2D eigenvalue weighted by Crippen LogP contribution is -2.39. The molecule has 26 heavy (non-hydrogen) atoms. The average Bonchev–Trinajstić information content (AvgIpc) is 3.11. The second kappa shape index (κ2) is 7.11. The van der Waals surface area contributed by atoms with Crippen molar-refractivity contribution in [2.45, 2.75) is 40.9 Å². The summed E-state index contributed by atoms with van der Waals surface area (Å²) in [6, 6.07) is 14.9. The van der Waals surface area contributed by atoms with Gasteiger partial charge in [-0.15, -0.1) is 0 Å². The highest BCUT2D eigenvalue weighted by molar-refractivity contribution is 7.89. The Labute approximate surface area is 154 Å². The molecule has 1 fully saturated rings. The molecule has 0 unspecified atom stereocenters. The van der Waals surface area contributed by atoms with Crippen LogP contribution in [0.5, 0.6) is 0 Å². The van der Waals surface area contributed by atoms with Gasteiger partial charge in [0, 0.05) is 12.0 Å². The molecular weight excluding hydrogens is 372 g/mol. The van der Waals surface area contributed by atoms with Gasteiger partial charge in [0.25, 0.3) is 0 Å². The standard InChI is InChI=1S/C18H22N2O4S2/c19-25(21,22)16-8-10-17(11-9-16)26(23,24)20-14-18(12-4-5-13-18)15-6-2-1-3-7-15/h1-3,6-11,20H,4-5,12-14H2,(H2,19,21,22). The Hall–Kier alpha value is -1.74. The van der Waals surface area contributed by atoms with E-state index in [1.165, 1.54) is 24.3 Å². The van der Waals surface area contributed by atoms with Crippen LogP contribution in [0.1, 0.15) is 31.2 Å². The summed E-state index contributed by atoms with van der Waals surface area (Å²) in [5, 5.41) is 5.05. The van der Waals surface area contributed by atoms with Crippen LogP contribution in [0.3, 0.4) is 0 Å². The van der Waals surface area contributed by atoms with Crippen molar-refractivity contribution < 1.29 is 16.8 Å². The molecule has 3 rings (SSSR count). The Morgan fingerprint density at radius 1 is 0.846 bits per heavy atom. The molecule has 1 aliphatic rings. The minimum atomic E-state index is -3.85. The highest BCUT2D eigenvalue weighted by Gasteiger charge is 2.36. The molecule has 0 spiro atoms. The number of rotatable bonds is 6. The van der Waals surface area contributed by atoms with Gasteiger partial charge >= 0.3 is 0 Å². The highest BCUT2D eigenvalue weighted by atomic mass is 32.2. The van der Waals surface area contributed by atoms with Crippen molar-refractivity contribution >= 4 is 20.0 Å². The molecule has 0 bridgehead atoms. The van der Waals surface area contributed by atoms with Gasteiger partial charge < -0.3 is 0 Å². The van der Waals surface area contributed by atoms with Gasteiger partial charge in [-0.2, -0.15) is 0 Å². The van der Waals surface area contributed by atoms with Crippen molar-refractivity contribution in [3.05, 3.63) is 60.2 Å². The molecule has 0 atom stereocenters. The normalized spacial score (nSPS) is 17.3. The van der Waals surface area contributed by atoms with E-state index < -0.39 is 20.0 Å². The van der Waals surface area contributed by atoms with Gasteiger partial charge in [0.2, 0.25) is 20.0 Å². The third-order valence-electron chi connectivity index (χ3n) is 5.01. The maximum Gasteiger partial charge on any atom is 0.240 e. The van der Waals surface area contributed by atoms with Crippen LogP contribution in [0.15, 0.2) is 64.4 Å². The summed E-state index contributed by atoms with van der Waals surface area (Å²) in [6.45, 7) is 0.316. The first-order valence-corrected chi connectivity index (χ1v) is 11.4. The molecule has 0 aromatic heterocycles. The van der Waals surface area contributed by atoms with Crippen molar-refractivity contribution in [3.8, 4) is 0 Å². The van der Waals surface area contributed by atoms with Gasteiger partial charge in [-0.05, 0) is 42.7 Å². The van der Waals surface area contributed by atoms with Crippen LogP contribution in [-0.2, 0) is 25.5 Å². The molecule has 6 nitrogen and oxygen atoms in total. The number of nitrogens with two attached hydrogens (primary N) is 1. The summed E-state index contributed by atoms with van der Waals surface area (Å²) < 4.78 is 50.6. The zero-order valence-electron chi connectivity index (χ0n) is 14.3. The molecule has 3 N–H and O–H groups in total. The van der Waals surface area contributed by atoms with Crippen molar-refractivity contribution in [1.29, 1.82) is 0 Å². The maximum absolute atomic E-state index is 12.6. The van der Waals surface area contributed by atoms with E-state index in [1.54, 1.807) is 0 Å². The summed E-state index contributed by atoms with van der Waals surface area (Å²) in [7, 11) is -7.59. The SMILES string of the molecule is NS(=O)(=O)c1ccc(S(=O)(=O)NCC2(c3ccccc3)CCCC2)cc1. The number of sulfonamides is 2. The van der Waals surface area contributed by atoms with Gasteiger partial charge in [-0.25, -0.2) is 26.7 Å². The van der Waals surface area contributed by atoms with Crippen LogP contribution in [0.25, 0.3) is 0 Å². The number of hydrogen-bond acceptors (Lipinski definition) is 4. The molecule has 0 aliphatic heterocycles. The van der Waals surface area contributed by atoms with E-state index in [4.69, 9.17) is 5.14 Å². The Morgan fingerprint density at radius 2 is 1.38 bits per heavy atom. The number of benzene rings is 2. The Morgan fingerprint density at radius 3 is 1.92 bits per heavy atom. The number of nitrogens with one attached hydrogen (secondary N) is 1. The predicted molar refractivity (Wildman–Crippen MR) is 99.6 cm³/mol.